The van der Waals surface area contributed by atoms with Gasteiger partial charge in [-0.05, 0) is 32.5 Å². The maximum atomic E-state index is 6.33. The van der Waals surface area contributed by atoms with Crippen molar-refractivity contribution in [3.63, 3.8) is 0 Å². The largest absolute Gasteiger partial charge is 0.307 e. The fourth-order valence-electron chi connectivity index (χ4n) is 2.63. The number of piperazine rings is 1. The third-order valence-corrected chi connectivity index (χ3v) is 4.06. The van der Waals surface area contributed by atoms with Crippen LogP contribution in [0.2, 0.25) is 0 Å². The van der Waals surface area contributed by atoms with Gasteiger partial charge in [0.05, 0.1) is 5.38 Å². The highest BCUT2D eigenvalue weighted by atomic mass is 35.5. The molecule has 0 aliphatic carbocycles. The van der Waals surface area contributed by atoms with Gasteiger partial charge >= 0.3 is 0 Å². The Kier molecular flexibility index (Phi) is 3.56. The van der Waals surface area contributed by atoms with E-state index in [9.17, 15) is 0 Å². The number of aryl methyl sites for hydroxylation is 1. The lowest BCUT2D eigenvalue weighted by atomic mass is 10.3. The van der Waals surface area contributed by atoms with E-state index in [0.717, 1.165) is 48.7 Å². The van der Waals surface area contributed by atoms with Crippen molar-refractivity contribution in [3.8, 4) is 0 Å². The second kappa shape index (κ2) is 5.22. The van der Waals surface area contributed by atoms with Gasteiger partial charge in [0.2, 0.25) is 0 Å². The van der Waals surface area contributed by atoms with Crippen molar-refractivity contribution in [1.29, 1.82) is 0 Å². The summed E-state index contributed by atoms with van der Waals surface area (Å²) in [5.41, 5.74) is 3.01. The highest BCUT2D eigenvalue weighted by molar-refractivity contribution is 6.20. The van der Waals surface area contributed by atoms with Crippen molar-refractivity contribution in [3.05, 3.63) is 23.7 Å². The summed E-state index contributed by atoms with van der Waals surface area (Å²) in [7, 11) is 2.15. The molecular weight excluding hydrogens is 274 g/mol. The van der Waals surface area contributed by atoms with Crippen LogP contribution >= 0.6 is 11.6 Å². The summed E-state index contributed by atoms with van der Waals surface area (Å²) in [5.74, 6) is 0.882. The van der Waals surface area contributed by atoms with Crippen LogP contribution in [-0.4, -0.2) is 52.8 Å². The summed E-state index contributed by atoms with van der Waals surface area (Å²) in [6.45, 7) is 8.05. The SMILES string of the molecule is Cc1ccnc2c1nc(C(C)Cl)n2N1CCN(C)CC1. The molecule has 0 amide bonds. The number of hydrogen-bond donors (Lipinski definition) is 0. The molecule has 3 rings (SSSR count). The quantitative estimate of drug-likeness (QED) is 0.793. The number of nitrogens with zero attached hydrogens (tertiary/aromatic N) is 5. The minimum absolute atomic E-state index is 0.136. The van der Waals surface area contributed by atoms with Crippen LogP contribution < -0.4 is 5.01 Å². The zero-order chi connectivity index (χ0) is 14.3. The van der Waals surface area contributed by atoms with Gasteiger partial charge in [0.15, 0.2) is 5.65 Å². The monoisotopic (exact) mass is 293 g/mol. The average Bonchev–Trinajstić information content (AvgIpc) is 2.81. The van der Waals surface area contributed by atoms with Gasteiger partial charge < -0.3 is 9.91 Å². The molecule has 1 saturated heterocycles. The summed E-state index contributed by atoms with van der Waals surface area (Å²) in [6, 6.07) is 1.99. The first kappa shape index (κ1) is 13.6. The van der Waals surface area contributed by atoms with Crippen LogP contribution in [0.25, 0.3) is 11.2 Å². The summed E-state index contributed by atoms with van der Waals surface area (Å²) in [5, 5.41) is 2.17. The Morgan fingerprint density at radius 3 is 2.60 bits per heavy atom. The third kappa shape index (κ3) is 2.25. The Labute approximate surface area is 124 Å². The number of likely N-dealkylation sites (N-methyl/N-ethyl adjacent to an activating group) is 1. The second-order valence-electron chi connectivity index (χ2n) is 5.45. The molecule has 5 nitrogen and oxygen atoms in total. The van der Waals surface area contributed by atoms with Crippen molar-refractivity contribution in [2.45, 2.75) is 19.2 Å². The summed E-state index contributed by atoms with van der Waals surface area (Å²) >= 11 is 6.33. The number of imidazole rings is 1. The number of fused-ring (bicyclic) bond motifs is 1. The number of alkyl halides is 1. The number of hydrogen-bond acceptors (Lipinski definition) is 4. The van der Waals surface area contributed by atoms with Gasteiger partial charge in [0.25, 0.3) is 0 Å². The predicted octanol–water partition coefficient (Wildman–Crippen LogP) is 1.92. The first-order valence-electron chi connectivity index (χ1n) is 6.99. The highest BCUT2D eigenvalue weighted by Gasteiger charge is 2.23. The molecule has 2 aromatic heterocycles. The van der Waals surface area contributed by atoms with Crippen molar-refractivity contribution in [2.24, 2.45) is 0 Å². The van der Waals surface area contributed by atoms with Crippen LogP contribution in [-0.2, 0) is 0 Å². The Hall–Kier alpha value is -1.33. The number of aromatic nitrogens is 3. The predicted molar refractivity (Wildman–Crippen MR) is 82.0 cm³/mol. The lowest BCUT2D eigenvalue weighted by molar-refractivity contribution is 0.287. The molecule has 0 bridgehead atoms. The molecule has 20 heavy (non-hydrogen) atoms. The average molecular weight is 294 g/mol. The van der Waals surface area contributed by atoms with E-state index < -0.39 is 0 Å². The summed E-state index contributed by atoms with van der Waals surface area (Å²) in [4.78, 5) is 11.6. The standard InChI is InChI=1S/C14H20ClN5/c1-10-4-5-16-14-12(10)17-13(11(2)15)20(14)19-8-6-18(3)7-9-19/h4-5,11H,6-9H2,1-3H3. The fraction of sp³-hybridized carbons (Fsp3) is 0.571. The first-order chi connectivity index (χ1) is 9.58. The lowest BCUT2D eigenvalue weighted by Gasteiger charge is -2.35. The molecule has 1 unspecified atom stereocenters. The van der Waals surface area contributed by atoms with E-state index in [4.69, 9.17) is 16.6 Å². The van der Waals surface area contributed by atoms with Crippen LogP contribution in [0.1, 0.15) is 23.7 Å². The van der Waals surface area contributed by atoms with Crippen LogP contribution in [0.15, 0.2) is 12.3 Å². The minimum atomic E-state index is -0.136. The maximum absolute atomic E-state index is 6.33. The Morgan fingerprint density at radius 1 is 1.25 bits per heavy atom. The molecule has 108 valence electrons. The number of rotatable bonds is 2. The fourth-order valence-corrected chi connectivity index (χ4v) is 2.77. The van der Waals surface area contributed by atoms with E-state index in [2.05, 4.69) is 33.5 Å². The molecule has 0 radical (unpaired) electrons. The van der Waals surface area contributed by atoms with E-state index in [1.165, 1.54) is 0 Å². The topological polar surface area (TPSA) is 37.2 Å². The van der Waals surface area contributed by atoms with Gasteiger partial charge in [0, 0.05) is 32.4 Å². The van der Waals surface area contributed by atoms with E-state index >= 15 is 0 Å². The normalized spacial score (nSPS) is 18.7. The molecule has 3 heterocycles. The molecule has 1 fully saturated rings. The van der Waals surface area contributed by atoms with Crippen molar-refractivity contribution in [1.82, 2.24) is 19.5 Å². The van der Waals surface area contributed by atoms with Crippen LogP contribution in [0.5, 0.6) is 0 Å². The summed E-state index contributed by atoms with van der Waals surface area (Å²) in [6.07, 6.45) is 1.84. The van der Waals surface area contributed by atoms with Crippen LogP contribution in [0.4, 0.5) is 0 Å². The van der Waals surface area contributed by atoms with Gasteiger partial charge in [-0.3, -0.25) is 0 Å². The van der Waals surface area contributed by atoms with Gasteiger partial charge in [-0.2, -0.15) is 0 Å². The molecule has 1 aliphatic heterocycles. The minimum Gasteiger partial charge on any atom is -0.307 e. The smallest absolute Gasteiger partial charge is 0.179 e. The van der Waals surface area contributed by atoms with Crippen LogP contribution in [0.3, 0.4) is 0 Å². The molecule has 2 aromatic rings. The van der Waals surface area contributed by atoms with E-state index in [0.29, 0.717) is 0 Å². The van der Waals surface area contributed by atoms with Crippen molar-refractivity contribution >= 4 is 22.8 Å². The zero-order valence-corrected chi connectivity index (χ0v) is 12.9. The molecule has 1 atom stereocenters. The second-order valence-corrected chi connectivity index (χ2v) is 6.11. The van der Waals surface area contributed by atoms with Gasteiger partial charge in [-0.25, -0.2) is 14.6 Å². The van der Waals surface area contributed by atoms with Gasteiger partial charge in [-0.1, -0.05) is 0 Å². The molecule has 6 heteroatoms. The third-order valence-electron chi connectivity index (χ3n) is 3.87. The molecule has 1 aliphatic rings. The molecule has 0 saturated carbocycles. The maximum Gasteiger partial charge on any atom is 0.179 e. The van der Waals surface area contributed by atoms with Crippen LogP contribution in [0, 0.1) is 6.92 Å². The Bertz CT molecular complexity index is 613. The summed E-state index contributed by atoms with van der Waals surface area (Å²) < 4.78 is 2.12. The number of halogens is 1. The van der Waals surface area contributed by atoms with E-state index in [-0.39, 0.29) is 5.38 Å². The molecular formula is C14H20ClN5. The van der Waals surface area contributed by atoms with Crippen molar-refractivity contribution < 1.29 is 0 Å². The Balaban J connectivity index is 2.12. The van der Waals surface area contributed by atoms with Gasteiger partial charge in [-0.15, -0.1) is 11.6 Å². The van der Waals surface area contributed by atoms with E-state index in [1.54, 1.807) is 0 Å². The van der Waals surface area contributed by atoms with Crippen molar-refractivity contribution in [2.75, 3.05) is 38.2 Å². The molecule has 0 N–H and O–H groups in total. The number of pyridine rings is 1. The Morgan fingerprint density at radius 2 is 1.95 bits per heavy atom. The zero-order valence-electron chi connectivity index (χ0n) is 12.2. The highest BCUT2D eigenvalue weighted by Crippen LogP contribution is 2.25. The van der Waals surface area contributed by atoms with Gasteiger partial charge in [0.1, 0.15) is 11.3 Å². The first-order valence-corrected chi connectivity index (χ1v) is 7.43. The van der Waals surface area contributed by atoms with E-state index in [1.807, 2.05) is 19.2 Å². The lowest BCUT2D eigenvalue weighted by Crippen LogP contribution is -2.50. The molecule has 0 aromatic carbocycles. The molecule has 0 spiro atoms.